The molecule has 0 saturated carbocycles. The molecule has 0 aliphatic carbocycles. The zero-order chi connectivity index (χ0) is 9.97. The van der Waals surface area contributed by atoms with E-state index in [4.69, 9.17) is 0 Å². The predicted octanol–water partition coefficient (Wildman–Crippen LogP) is 1.91. The number of rotatable bonds is 1. The number of hydrogen-bond acceptors (Lipinski definition) is 3. The van der Waals surface area contributed by atoms with Crippen LogP contribution >= 0.6 is 11.8 Å². The third kappa shape index (κ3) is 1.93. The Morgan fingerprint density at radius 2 is 2.21 bits per heavy atom. The van der Waals surface area contributed by atoms with Crippen LogP contribution in [0, 0.1) is 11.6 Å². The van der Waals surface area contributed by atoms with Crippen LogP contribution in [0.3, 0.4) is 0 Å². The van der Waals surface area contributed by atoms with E-state index in [1.54, 1.807) is 18.2 Å². The lowest BCUT2D eigenvalue weighted by Crippen LogP contribution is -2.06. The minimum absolute atomic E-state index is 0.301. The third-order valence-electron chi connectivity index (χ3n) is 1.55. The van der Waals surface area contributed by atoms with Gasteiger partial charge in [-0.2, -0.15) is 4.99 Å². The van der Waals surface area contributed by atoms with Crippen LogP contribution in [-0.2, 0) is 4.79 Å². The summed E-state index contributed by atoms with van der Waals surface area (Å²) in [4.78, 5) is 14.3. The van der Waals surface area contributed by atoms with Crippen molar-refractivity contribution >= 4 is 28.5 Å². The van der Waals surface area contributed by atoms with Crippen LogP contribution in [0.25, 0.3) is 0 Å². The number of aliphatic imine (C=N–C) groups is 1. The van der Waals surface area contributed by atoms with Gasteiger partial charge in [0.1, 0.15) is 5.82 Å². The number of nitrogens with one attached hydrogen (secondary N) is 1. The summed E-state index contributed by atoms with van der Waals surface area (Å²) in [7, 11) is 0. The van der Waals surface area contributed by atoms with Gasteiger partial charge >= 0.3 is 0 Å². The molecule has 1 aromatic rings. The molecule has 2 radical (unpaired) electrons. The number of carbonyl (C=O) groups is 1. The second-order valence-corrected chi connectivity index (χ2v) is 3.33. The quantitative estimate of drug-likeness (QED) is 0.766. The van der Waals surface area contributed by atoms with E-state index in [1.165, 1.54) is 6.07 Å². The zero-order valence-corrected chi connectivity index (χ0v) is 7.77. The number of halogens is 1. The lowest BCUT2D eigenvalue weighted by atomic mass is 10.3. The molecule has 0 unspecified atom stereocenters. The molecule has 0 aromatic heterocycles. The highest BCUT2D eigenvalue weighted by atomic mass is 32.2. The molecule has 0 saturated heterocycles. The van der Waals surface area contributed by atoms with Crippen molar-refractivity contribution < 1.29 is 9.18 Å². The molecule has 0 bridgehead atoms. The second-order valence-electron chi connectivity index (χ2n) is 2.53. The lowest BCUT2D eigenvalue weighted by Gasteiger charge is -2.04. The van der Waals surface area contributed by atoms with Crippen LogP contribution in [0.4, 0.5) is 10.1 Å². The number of para-hydroxylation sites is 1. The van der Waals surface area contributed by atoms with Crippen molar-refractivity contribution in [3.8, 4) is 0 Å². The number of amides is 1. The molecule has 1 aromatic carbocycles. The first-order chi connectivity index (χ1) is 6.75. The van der Waals surface area contributed by atoms with Crippen LogP contribution < -0.4 is 5.32 Å². The number of benzene rings is 1. The number of amidine groups is 1. The highest BCUT2D eigenvalue weighted by Crippen LogP contribution is 2.21. The van der Waals surface area contributed by atoms with Gasteiger partial charge in [-0.3, -0.25) is 4.79 Å². The molecule has 1 heterocycles. The molecule has 70 valence electrons. The predicted molar refractivity (Wildman–Crippen MR) is 53.3 cm³/mol. The average molecular weight is 208 g/mol. The van der Waals surface area contributed by atoms with Gasteiger partial charge in [0.15, 0.2) is 10.9 Å². The summed E-state index contributed by atoms with van der Waals surface area (Å²) in [5, 5.41) is 3.04. The van der Waals surface area contributed by atoms with E-state index in [1.807, 2.05) is 0 Å². The topological polar surface area (TPSA) is 41.5 Å². The van der Waals surface area contributed by atoms with Crippen LogP contribution in [0.15, 0.2) is 29.3 Å². The largest absolute Gasteiger partial charge is 0.332 e. The summed E-state index contributed by atoms with van der Waals surface area (Å²) in [5.74, 6) is 1.58. The van der Waals surface area contributed by atoms with Crippen molar-refractivity contribution in [2.45, 2.75) is 0 Å². The smallest absolute Gasteiger partial charge is 0.268 e. The molecule has 0 spiro atoms. The molecule has 5 heteroatoms. The Morgan fingerprint density at radius 1 is 1.43 bits per heavy atom. The molecule has 1 amide bonds. The van der Waals surface area contributed by atoms with E-state index in [0.29, 0.717) is 10.9 Å². The molecule has 1 aliphatic heterocycles. The van der Waals surface area contributed by atoms with Crippen molar-refractivity contribution in [1.82, 2.24) is 0 Å². The number of carbonyl (C=O) groups excluding carboxylic acids is 1. The van der Waals surface area contributed by atoms with E-state index in [2.05, 4.69) is 16.1 Å². The summed E-state index contributed by atoms with van der Waals surface area (Å²) in [6.45, 7) is 0. The summed E-state index contributed by atoms with van der Waals surface area (Å²) >= 11 is 1.03. The lowest BCUT2D eigenvalue weighted by molar-refractivity contribution is -0.113. The molecule has 0 atom stereocenters. The van der Waals surface area contributed by atoms with E-state index >= 15 is 0 Å². The van der Waals surface area contributed by atoms with Crippen molar-refractivity contribution in [2.75, 3.05) is 5.32 Å². The Morgan fingerprint density at radius 3 is 2.86 bits per heavy atom. The first-order valence-corrected chi connectivity index (χ1v) is 4.64. The van der Waals surface area contributed by atoms with Gasteiger partial charge < -0.3 is 5.32 Å². The fraction of sp³-hybridized carbons (Fsp3) is 0. The third-order valence-corrected chi connectivity index (χ3v) is 2.22. The molecule has 0 fully saturated rings. The molecular formula is C9H5FN2OS. The summed E-state index contributed by atoms with van der Waals surface area (Å²) in [6.07, 6.45) is 0. The van der Waals surface area contributed by atoms with E-state index in [0.717, 1.165) is 11.8 Å². The van der Waals surface area contributed by atoms with Crippen LogP contribution in [-0.4, -0.2) is 11.1 Å². The monoisotopic (exact) mass is 208 g/mol. The van der Waals surface area contributed by atoms with Gasteiger partial charge in [-0.25, -0.2) is 4.39 Å². The second kappa shape index (κ2) is 3.79. The van der Waals surface area contributed by atoms with Crippen molar-refractivity contribution in [1.29, 1.82) is 0 Å². The normalized spacial score (nSPS) is 15.5. The van der Waals surface area contributed by atoms with Gasteiger partial charge in [-0.1, -0.05) is 23.9 Å². The minimum atomic E-state index is -0.436. The highest BCUT2D eigenvalue weighted by Gasteiger charge is 2.16. The van der Waals surface area contributed by atoms with Gasteiger partial charge in [0.25, 0.3) is 5.91 Å². The number of anilines is 1. The highest BCUT2D eigenvalue weighted by molar-refractivity contribution is 8.17. The van der Waals surface area contributed by atoms with Gasteiger partial charge in [-0.15, -0.1) is 0 Å². The summed E-state index contributed by atoms with van der Waals surface area (Å²) < 4.78 is 13.1. The van der Waals surface area contributed by atoms with Gasteiger partial charge in [0, 0.05) is 0 Å². The van der Waals surface area contributed by atoms with Gasteiger partial charge in [-0.05, 0) is 12.1 Å². The first kappa shape index (κ1) is 9.21. The first-order valence-electron chi connectivity index (χ1n) is 3.83. The molecule has 2 rings (SSSR count). The number of nitrogens with zero attached hydrogens (tertiary/aromatic N) is 1. The molecule has 1 N–H and O–H groups in total. The fourth-order valence-electron chi connectivity index (χ4n) is 0.961. The molecular weight excluding hydrogens is 203 g/mol. The Bertz CT molecular complexity index is 406. The van der Waals surface area contributed by atoms with Crippen molar-refractivity contribution in [2.24, 2.45) is 4.99 Å². The minimum Gasteiger partial charge on any atom is -0.332 e. The zero-order valence-electron chi connectivity index (χ0n) is 6.95. The van der Waals surface area contributed by atoms with Crippen LogP contribution in [0.1, 0.15) is 0 Å². The SMILES string of the molecule is O=C1[C]SC(Nc2ccccc2F)=N1. The maximum atomic E-state index is 13.1. The number of hydrogen-bond donors (Lipinski definition) is 1. The Labute approximate surface area is 84.4 Å². The summed E-state index contributed by atoms with van der Waals surface area (Å²) in [5.41, 5.74) is 0.301. The Balaban J connectivity index is 2.15. The maximum absolute atomic E-state index is 13.1. The van der Waals surface area contributed by atoms with E-state index < -0.39 is 5.91 Å². The van der Waals surface area contributed by atoms with Crippen LogP contribution in [0.5, 0.6) is 0 Å². The molecule has 1 aliphatic rings. The van der Waals surface area contributed by atoms with Crippen molar-refractivity contribution in [3.05, 3.63) is 35.8 Å². The molecule has 3 nitrogen and oxygen atoms in total. The van der Waals surface area contributed by atoms with Crippen LogP contribution in [0.2, 0.25) is 0 Å². The van der Waals surface area contributed by atoms with E-state index in [-0.39, 0.29) is 5.82 Å². The standard InChI is InChI=1S/C9H5FN2OS/c10-6-3-1-2-4-7(6)11-9-12-8(13)5-14-9/h1-4H,(H,11,12,13). The Hall–Kier alpha value is -1.36. The average Bonchev–Trinajstić information content (AvgIpc) is 2.56. The van der Waals surface area contributed by atoms with Gasteiger partial charge in [0.05, 0.1) is 5.69 Å². The fourth-order valence-corrected chi connectivity index (χ4v) is 1.48. The summed E-state index contributed by atoms with van der Waals surface area (Å²) in [6, 6.07) is 6.19. The maximum Gasteiger partial charge on any atom is 0.268 e. The van der Waals surface area contributed by atoms with Gasteiger partial charge in [0.2, 0.25) is 0 Å². The Kier molecular flexibility index (Phi) is 2.49. The van der Waals surface area contributed by atoms with Crippen molar-refractivity contribution in [3.63, 3.8) is 0 Å². The number of thioether (sulfide) groups is 1. The van der Waals surface area contributed by atoms with E-state index in [9.17, 15) is 9.18 Å². The molecule has 14 heavy (non-hydrogen) atoms.